The molecule has 1 atom stereocenters. The molecule has 1 rings (SSSR count). The van der Waals surface area contributed by atoms with Gasteiger partial charge < -0.3 is 10.0 Å². The van der Waals surface area contributed by atoms with Gasteiger partial charge in [-0.1, -0.05) is 13.8 Å². The Bertz CT molecular complexity index is 203. The van der Waals surface area contributed by atoms with E-state index in [1.54, 1.807) is 0 Å². The Hall–Kier alpha value is -0.570. The largest absolute Gasteiger partial charge is 0.481 e. The first kappa shape index (κ1) is 10.5. The van der Waals surface area contributed by atoms with Gasteiger partial charge in [-0.2, -0.15) is 0 Å². The molecule has 1 heterocycles. The van der Waals surface area contributed by atoms with Gasteiger partial charge in [-0.3, -0.25) is 4.79 Å². The van der Waals surface area contributed by atoms with Crippen LogP contribution in [0.1, 0.15) is 26.7 Å². The van der Waals surface area contributed by atoms with Crippen molar-refractivity contribution in [2.45, 2.75) is 26.7 Å². The molecule has 0 radical (unpaired) electrons. The number of carboxylic acids is 1. The van der Waals surface area contributed by atoms with E-state index in [0.29, 0.717) is 6.54 Å². The molecule has 0 spiro atoms. The number of likely N-dealkylation sites (tertiary alicyclic amines) is 1. The van der Waals surface area contributed by atoms with E-state index in [0.717, 1.165) is 19.4 Å². The van der Waals surface area contributed by atoms with Gasteiger partial charge in [-0.15, -0.1) is 0 Å². The van der Waals surface area contributed by atoms with Crippen molar-refractivity contribution >= 4 is 5.97 Å². The van der Waals surface area contributed by atoms with Crippen molar-refractivity contribution in [2.24, 2.45) is 11.3 Å². The van der Waals surface area contributed by atoms with E-state index >= 15 is 0 Å². The molecular weight excluding hydrogens is 166 g/mol. The van der Waals surface area contributed by atoms with Crippen molar-refractivity contribution in [1.82, 2.24) is 4.90 Å². The first-order valence-corrected chi connectivity index (χ1v) is 4.91. The van der Waals surface area contributed by atoms with E-state index in [9.17, 15) is 9.90 Å². The molecule has 3 heteroatoms. The van der Waals surface area contributed by atoms with E-state index in [1.165, 1.54) is 0 Å². The minimum atomic E-state index is -0.631. The summed E-state index contributed by atoms with van der Waals surface area (Å²) in [6.07, 6.45) is 1.82. The molecule has 1 N–H and O–H groups in total. The van der Waals surface area contributed by atoms with Crippen LogP contribution in [0.15, 0.2) is 0 Å². The Labute approximate surface area is 79.7 Å². The normalized spacial score (nSPS) is 30.8. The van der Waals surface area contributed by atoms with Crippen molar-refractivity contribution in [1.29, 1.82) is 0 Å². The van der Waals surface area contributed by atoms with Crippen LogP contribution in [-0.4, -0.2) is 36.1 Å². The second kappa shape index (κ2) is 3.66. The zero-order valence-corrected chi connectivity index (χ0v) is 8.71. The van der Waals surface area contributed by atoms with Crippen LogP contribution in [-0.2, 0) is 4.79 Å². The number of hydrogen-bond acceptors (Lipinski definition) is 2. The number of piperidine rings is 1. The van der Waals surface area contributed by atoms with Crippen LogP contribution < -0.4 is 0 Å². The van der Waals surface area contributed by atoms with Gasteiger partial charge >= 0.3 is 5.97 Å². The third kappa shape index (κ3) is 1.85. The first-order chi connectivity index (χ1) is 5.99. The molecule has 1 saturated heterocycles. The van der Waals surface area contributed by atoms with Crippen LogP contribution in [0.3, 0.4) is 0 Å². The second-order valence-corrected chi connectivity index (χ2v) is 4.46. The highest BCUT2D eigenvalue weighted by Crippen LogP contribution is 2.36. The molecule has 0 aliphatic carbocycles. The fraction of sp³-hybridized carbons (Fsp3) is 0.900. The number of hydrogen-bond donors (Lipinski definition) is 1. The molecule has 0 saturated carbocycles. The summed E-state index contributed by atoms with van der Waals surface area (Å²) in [4.78, 5) is 13.4. The predicted octanol–water partition coefficient (Wildman–Crippen LogP) is 1.44. The summed E-state index contributed by atoms with van der Waals surface area (Å²) in [6, 6.07) is 0. The quantitative estimate of drug-likeness (QED) is 0.707. The van der Waals surface area contributed by atoms with Gasteiger partial charge in [0.1, 0.15) is 0 Å². The van der Waals surface area contributed by atoms with Crippen LogP contribution in [0.5, 0.6) is 0 Å². The minimum Gasteiger partial charge on any atom is -0.481 e. The molecule has 76 valence electrons. The van der Waals surface area contributed by atoms with Gasteiger partial charge in [0.05, 0.1) is 5.41 Å². The summed E-state index contributed by atoms with van der Waals surface area (Å²) in [5, 5.41) is 9.25. The SMILES string of the molecule is CC(C)C1(C(=O)O)CCCN(C)C1. The molecule has 1 unspecified atom stereocenters. The lowest BCUT2D eigenvalue weighted by molar-refractivity contribution is -0.155. The second-order valence-electron chi connectivity index (χ2n) is 4.46. The monoisotopic (exact) mass is 185 g/mol. The van der Waals surface area contributed by atoms with Gasteiger partial charge in [0.15, 0.2) is 0 Å². The summed E-state index contributed by atoms with van der Waals surface area (Å²) < 4.78 is 0. The van der Waals surface area contributed by atoms with Gasteiger partial charge in [0.2, 0.25) is 0 Å². The van der Waals surface area contributed by atoms with E-state index in [1.807, 2.05) is 20.9 Å². The van der Waals surface area contributed by atoms with E-state index in [2.05, 4.69) is 4.90 Å². The lowest BCUT2D eigenvalue weighted by atomic mass is 9.71. The molecule has 1 fully saturated rings. The predicted molar refractivity (Wildman–Crippen MR) is 51.6 cm³/mol. The lowest BCUT2D eigenvalue weighted by Crippen LogP contribution is -2.49. The smallest absolute Gasteiger partial charge is 0.311 e. The van der Waals surface area contributed by atoms with Crippen molar-refractivity contribution in [3.8, 4) is 0 Å². The number of rotatable bonds is 2. The average Bonchev–Trinajstić information content (AvgIpc) is 2.03. The fourth-order valence-electron chi connectivity index (χ4n) is 2.20. The summed E-state index contributed by atoms with van der Waals surface area (Å²) >= 11 is 0. The lowest BCUT2D eigenvalue weighted by Gasteiger charge is -2.41. The molecule has 0 aromatic rings. The highest BCUT2D eigenvalue weighted by atomic mass is 16.4. The van der Waals surface area contributed by atoms with Crippen molar-refractivity contribution in [3.63, 3.8) is 0 Å². The molecular formula is C10H19NO2. The summed E-state index contributed by atoms with van der Waals surface area (Å²) in [6.45, 7) is 5.74. The Morgan fingerprint density at radius 2 is 2.15 bits per heavy atom. The average molecular weight is 185 g/mol. The fourth-order valence-corrected chi connectivity index (χ4v) is 2.20. The Morgan fingerprint density at radius 1 is 1.54 bits per heavy atom. The summed E-state index contributed by atoms with van der Waals surface area (Å²) in [7, 11) is 2.00. The van der Waals surface area contributed by atoms with Crippen LogP contribution in [0.25, 0.3) is 0 Å². The highest BCUT2D eigenvalue weighted by Gasteiger charge is 2.43. The van der Waals surface area contributed by atoms with Crippen molar-refractivity contribution in [2.75, 3.05) is 20.1 Å². The third-order valence-electron chi connectivity index (χ3n) is 3.25. The molecule has 0 aromatic carbocycles. The zero-order valence-electron chi connectivity index (χ0n) is 8.71. The molecule has 3 nitrogen and oxygen atoms in total. The maximum Gasteiger partial charge on any atom is 0.311 e. The molecule has 0 amide bonds. The number of carbonyl (C=O) groups is 1. The number of nitrogens with zero attached hydrogens (tertiary/aromatic N) is 1. The third-order valence-corrected chi connectivity index (χ3v) is 3.25. The maximum atomic E-state index is 11.2. The molecule has 0 bridgehead atoms. The Morgan fingerprint density at radius 3 is 2.46 bits per heavy atom. The summed E-state index contributed by atoms with van der Waals surface area (Å²) in [5.74, 6) is -0.415. The van der Waals surface area contributed by atoms with Crippen LogP contribution in [0.2, 0.25) is 0 Å². The van der Waals surface area contributed by atoms with Gasteiger partial charge in [-0.25, -0.2) is 0 Å². The highest BCUT2D eigenvalue weighted by molar-refractivity contribution is 5.75. The molecule has 0 aromatic heterocycles. The summed E-state index contributed by atoms with van der Waals surface area (Å²) in [5.41, 5.74) is -0.507. The first-order valence-electron chi connectivity index (χ1n) is 4.91. The van der Waals surface area contributed by atoms with Gasteiger partial charge in [0.25, 0.3) is 0 Å². The Kier molecular flexibility index (Phi) is 2.96. The minimum absolute atomic E-state index is 0.216. The van der Waals surface area contributed by atoms with Crippen LogP contribution in [0.4, 0.5) is 0 Å². The van der Waals surface area contributed by atoms with E-state index in [4.69, 9.17) is 0 Å². The molecule has 13 heavy (non-hydrogen) atoms. The molecule has 1 aliphatic heterocycles. The van der Waals surface area contributed by atoms with Crippen LogP contribution in [0, 0.1) is 11.3 Å². The van der Waals surface area contributed by atoms with E-state index in [-0.39, 0.29) is 5.92 Å². The maximum absolute atomic E-state index is 11.2. The Balaban J connectivity index is 2.83. The van der Waals surface area contributed by atoms with Crippen molar-refractivity contribution < 1.29 is 9.90 Å². The van der Waals surface area contributed by atoms with E-state index < -0.39 is 11.4 Å². The number of carboxylic acid groups (broad SMARTS) is 1. The number of aliphatic carboxylic acids is 1. The standard InChI is InChI=1S/C10H19NO2/c1-8(2)10(9(12)13)5-4-6-11(3)7-10/h8H,4-7H2,1-3H3,(H,12,13). The zero-order chi connectivity index (χ0) is 10.1. The van der Waals surface area contributed by atoms with Gasteiger partial charge in [-0.05, 0) is 32.4 Å². The van der Waals surface area contributed by atoms with Crippen molar-refractivity contribution in [3.05, 3.63) is 0 Å². The molecule has 1 aliphatic rings. The van der Waals surface area contributed by atoms with Gasteiger partial charge in [0, 0.05) is 6.54 Å². The van der Waals surface area contributed by atoms with Crippen LogP contribution >= 0.6 is 0 Å². The topological polar surface area (TPSA) is 40.5 Å².